The second kappa shape index (κ2) is 17.2. The molecule has 1 fully saturated rings. The van der Waals surface area contributed by atoms with Crippen LogP contribution in [-0.2, 0) is 47.6 Å². The molecule has 2 N–H and O–H groups in total. The summed E-state index contributed by atoms with van der Waals surface area (Å²) in [5.41, 5.74) is -5.82. The second-order valence-electron chi connectivity index (χ2n) is 15.1. The predicted molar refractivity (Wildman–Crippen MR) is 196 cm³/mol. The summed E-state index contributed by atoms with van der Waals surface area (Å²) in [6, 6.07) is 10.7. The molecule has 1 aromatic heterocycles. The molecule has 2 aliphatic rings. The van der Waals surface area contributed by atoms with Gasteiger partial charge in [0.1, 0.15) is 35.6 Å². The van der Waals surface area contributed by atoms with Crippen LogP contribution in [-0.4, -0.2) is 98.8 Å². The SMILES string of the molecule is C=C1[C@H](OC(C)=O)[C@@H](O)[C@@H](OC(=O)c2cccnc2)C(C)(C)/C=C\[C@H](C)[C@H](OC(C)=O)[C@@]2(O)C[C@@](C)(OC(C)=O)[C@H](OC(=O)c3ccccc3)[C@@H]2[C@H]1OC(C)=O. The fourth-order valence-corrected chi connectivity index (χ4v) is 7.70. The van der Waals surface area contributed by atoms with Crippen molar-refractivity contribution in [2.45, 2.75) is 110 Å². The number of esters is 6. The number of carbonyl (C=O) groups excluding carboxylic acids is 6. The monoisotopic (exact) mass is 779 g/mol. The first kappa shape index (κ1) is 43.3. The van der Waals surface area contributed by atoms with Gasteiger partial charge < -0.3 is 38.6 Å². The van der Waals surface area contributed by atoms with E-state index < -0.39 is 107 Å². The van der Waals surface area contributed by atoms with Gasteiger partial charge in [-0.2, -0.15) is 0 Å². The molecule has 15 nitrogen and oxygen atoms in total. The molecule has 1 heterocycles. The highest BCUT2D eigenvalue weighted by molar-refractivity contribution is 5.90. The molecule has 56 heavy (non-hydrogen) atoms. The van der Waals surface area contributed by atoms with Crippen LogP contribution in [0.25, 0.3) is 0 Å². The molecular formula is C41H49NO14. The summed E-state index contributed by atoms with van der Waals surface area (Å²) in [6.45, 7) is 14.7. The van der Waals surface area contributed by atoms with E-state index in [0.717, 1.165) is 27.7 Å². The molecule has 0 aliphatic heterocycles. The van der Waals surface area contributed by atoms with E-state index in [1.165, 1.54) is 43.6 Å². The Morgan fingerprint density at radius 1 is 0.732 bits per heavy atom. The fraction of sp³-hybridized carbons (Fsp3) is 0.488. The molecule has 302 valence electrons. The molecule has 10 atom stereocenters. The van der Waals surface area contributed by atoms with Crippen LogP contribution in [0.5, 0.6) is 0 Å². The topological polar surface area (TPSA) is 211 Å². The van der Waals surface area contributed by atoms with E-state index in [-0.39, 0.29) is 16.7 Å². The average molecular weight is 780 g/mol. The third-order valence-corrected chi connectivity index (χ3v) is 9.98. The number of aliphatic hydroxyl groups is 2. The lowest BCUT2D eigenvalue weighted by Crippen LogP contribution is -2.59. The fourth-order valence-electron chi connectivity index (χ4n) is 7.70. The number of pyridine rings is 1. The largest absolute Gasteiger partial charge is 0.459 e. The minimum atomic E-state index is -2.38. The zero-order valence-electron chi connectivity index (χ0n) is 32.6. The number of rotatable bonds is 8. The zero-order chi connectivity index (χ0) is 41.7. The third kappa shape index (κ3) is 9.51. The van der Waals surface area contributed by atoms with Crippen LogP contribution >= 0.6 is 0 Å². The van der Waals surface area contributed by atoms with Gasteiger partial charge in [0.2, 0.25) is 0 Å². The number of ether oxygens (including phenoxy) is 6. The van der Waals surface area contributed by atoms with Crippen LogP contribution in [0.3, 0.4) is 0 Å². The van der Waals surface area contributed by atoms with Gasteiger partial charge in [-0.3, -0.25) is 24.2 Å². The highest BCUT2D eigenvalue weighted by atomic mass is 16.6. The average Bonchev–Trinajstić information content (AvgIpc) is 3.33. The normalized spacial score (nSPS) is 31.9. The van der Waals surface area contributed by atoms with Crippen LogP contribution < -0.4 is 0 Å². The summed E-state index contributed by atoms with van der Waals surface area (Å²) < 4.78 is 35.3. The van der Waals surface area contributed by atoms with Gasteiger partial charge in [0, 0.05) is 63.4 Å². The summed E-state index contributed by atoms with van der Waals surface area (Å²) >= 11 is 0. The lowest BCUT2D eigenvalue weighted by molar-refractivity contribution is -0.193. The first-order valence-corrected chi connectivity index (χ1v) is 18.0. The van der Waals surface area contributed by atoms with E-state index >= 15 is 0 Å². The van der Waals surface area contributed by atoms with Gasteiger partial charge in [0.15, 0.2) is 12.2 Å². The number of carbonyl (C=O) groups is 6. The highest BCUT2D eigenvalue weighted by Crippen LogP contribution is 2.54. The van der Waals surface area contributed by atoms with Crippen LogP contribution in [0.2, 0.25) is 0 Å². The predicted octanol–water partition coefficient (Wildman–Crippen LogP) is 3.85. The Morgan fingerprint density at radius 2 is 1.29 bits per heavy atom. The lowest BCUT2D eigenvalue weighted by atomic mass is 9.71. The number of aliphatic hydroxyl groups excluding tert-OH is 1. The molecule has 0 bridgehead atoms. The van der Waals surface area contributed by atoms with Gasteiger partial charge in [0.05, 0.1) is 17.0 Å². The van der Waals surface area contributed by atoms with E-state index in [9.17, 15) is 39.0 Å². The zero-order valence-corrected chi connectivity index (χ0v) is 32.6. The van der Waals surface area contributed by atoms with Gasteiger partial charge in [-0.05, 0) is 31.2 Å². The number of hydrogen-bond donors (Lipinski definition) is 2. The van der Waals surface area contributed by atoms with Crippen molar-refractivity contribution < 1.29 is 67.4 Å². The second-order valence-corrected chi connectivity index (χ2v) is 15.1. The summed E-state index contributed by atoms with van der Waals surface area (Å²) in [6.07, 6.45) is -5.06. The Kier molecular flexibility index (Phi) is 13.3. The van der Waals surface area contributed by atoms with Gasteiger partial charge in [-0.25, -0.2) is 9.59 Å². The van der Waals surface area contributed by atoms with Gasteiger partial charge in [-0.15, -0.1) is 0 Å². The number of hydrogen-bond acceptors (Lipinski definition) is 15. The van der Waals surface area contributed by atoms with E-state index in [0.29, 0.717) is 0 Å². The molecule has 1 aromatic carbocycles. The van der Waals surface area contributed by atoms with Gasteiger partial charge in [0.25, 0.3) is 0 Å². The van der Waals surface area contributed by atoms with E-state index in [1.54, 1.807) is 51.1 Å². The van der Waals surface area contributed by atoms with Crippen molar-refractivity contribution in [3.63, 3.8) is 0 Å². The molecule has 15 heteroatoms. The van der Waals surface area contributed by atoms with Crippen LogP contribution in [0.1, 0.15) is 82.5 Å². The van der Waals surface area contributed by atoms with Crippen molar-refractivity contribution in [1.29, 1.82) is 0 Å². The maximum atomic E-state index is 13.8. The molecule has 0 unspecified atom stereocenters. The van der Waals surface area contributed by atoms with Crippen LogP contribution in [0.4, 0.5) is 0 Å². The molecule has 0 amide bonds. The Hall–Kier alpha value is -5.41. The molecule has 4 rings (SSSR count). The Morgan fingerprint density at radius 3 is 1.84 bits per heavy atom. The molecule has 1 saturated carbocycles. The van der Waals surface area contributed by atoms with Crippen molar-refractivity contribution in [2.24, 2.45) is 17.3 Å². The van der Waals surface area contributed by atoms with Crippen molar-refractivity contribution in [3.05, 3.63) is 90.3 Å². The first-order valence-electron chi connectivity index (χ1n) is 18.0. The van der Waals surface area contributed by atoms with Crippen LogP contribution in [0, 0.1) is 17.3 Å². The van der Waals surface area contributed by atoms with E-state index in [4.69, 9.17) is 28.4 Å². The van der Waals surface area contributed by atoms with Gasteiger partial charge in [-0.1, -0.05) is 57.7 Å². The maximum Gasteiger partial charge on any atom is 0.340 e. The summed E-state index contributed by atoms with van der Waals surface area (Å²) in [5.74, 6) is -7.97. The number of benzene rings is 1. The minimum absolute atomic E-state index is 0.0402. The smallest absolute Gasteiger partial charge is 0.340 e. The number of aromatic nitrogens is 1. The van der Waals surface area contributed by atoms with Crippen molar-refractivity contribution >= 4 is 35.8 Å². The van der Waals surface area contributed by atoms with E-state index in [1.807, 2.05) is 0 Å². The first-order chi connectivity index (χ1) is 26.1. The molecule has 0 radical (unpaired) electrons. The number of fused-ring (bicyclic) bond motifs is 1. The summed E-state index contributed by atoms with van der Waals surface area (Å²) in [5, 5.41) is 25.4. The lowest BCUT2D eigenvalue weighted by Gasteiger charge is -2.45. The molecule has 0 spiro atoms. The molecule has 2 aliphatic carbocycles. The summed E-state index contributed by atoms with van der Waals surface area (Å²) in [4.78, 5) is 82.7. The van der Waals surface area contributed by atoms with Crippen LogP contribution in [0.15, 0.2) is 79.2 Å². The van der Waals surface area contributed by atoms with E-state index in [2.05, 4.69) is 11.6 Å². The molecule has 0 saturated heterocycles. The Balaban J connectivity index is 2.06. The summed E-state index contributed by atoms with van der Waals surface area (Å²) in [7, 11) is 0. The standard InChI is InChI=1S/C41H49NO14/c1-22-17-18-39(7,8)36(55-38(49)29-16-13-19-42-20-29)31(47)33(52-25(4)44)23(2)32(51-24(3)43)30-35(54-37(48)28-14-11-10-12-15-28)40(9,56-27(6)46)21-41(30,50)34(22)53-26(5)45/h10-20,22,30-36,47,50H,2,21H2,1,3-9H3/b18-17-/t22-,30-,31+,32-,33-,34-,35+,36+,40+,41+/m0/s1. The maximum absolute atomic E-state index is 13.8. The van der Waals surface area contributed by atoms with Crippen molar-refractivity contribution in [2.75, 3.05) is 0 Å². The van der Waals surface area contributed by atoms with Gasteiger partial charge >= 0.3 is 35.8 Å². The Labute approximate surface area is 325 Å². The Bertz CT molecular complexity index is 1840. The highest BCUT2D eigenvalue weighted by Gasteiger charge is 2.70. The third-order valence-electron chi connectivity index (χ3n) is 9.98. The van der Waals surface area contributed by atoms with Crippen molar-refractivity contribution in [1.82, 2.24) is 4.98 Å². The quantitative estimate of drug-likeness (QED) is 0.221. The minimum Gasteiger partial charge on any atom is -0.459 e. The molecular weight excluding hydrogens is 730 g/mol. The van der Waals surface area contributed by atoms with Crippen molar-refractivity contribution in [3.8, 4) is 0 Å². The number of nitrogens with zero attached hydrogens (tertiary/aromatic N) is 1. The molecule has 2 aromatic rings.